The van der Waals surface area contributed by atoms with Crippen LogP contribution in [0.5, 0.6) is 0 Å². The van der Waals surface area contributed by atoms with Crippen molar-refractivity contribution in [2.75, 3.05) is 0 Å². The summed E-state index contributed by atoms with van der Waals surface area (Å²) >= 11 is 0. The van der Waals surface area contributed by atoms with E-state index in [1.807, 2.05) is 6.92 Å². The fourth-order valence-corrected chi connectivity index (χ4v) is 1.30. The monoisotopic (exact) mass is 245 g/mol. The van der Waals surface area contributed by atoms with Crippen LogP contribution in [0.3, 0.4) is 0 Å². The van der Waals surface area contributed by atoms with Crippen LogP contribution in [0.4, 0.5) is 17.6 Å². The molecule has 0 N–H and O–H groups in total. The van der Waals surface area contributed by atoms with E-state index in [2.05, 4.69) is 9.40 Å². The summed E-state index contributed by atoms with van der Waals surface area (Å²) in [6.07, 6.45) is -4.85. The number of nitrogens with zero attached hydrogens (tertiary/aromatic N) is 1. The Kier molecular flexibility index (Phi) is 2.65. The Balaban J connectivity index is 2.45. The normalized spacial score (nSPS) is 11.8. The molecule has 0 spiro atoms. The largest absolute Gasteiger partial charge is 0.439 e. The lowest BCUT2D eigenvalue weighted by molar-refractivity contribution is -0.144. The van der Waals surface area contributed by atoms with E-state index in [1.54, 1.807) is 12.1 Å². The highest BCUT2D eigenvalue weighted by atomic mass is 19.4. The van der Waals surface area contributed by atoms with E-state index in [-0.39, 0.29) is 5.89 Å². The van der Waals surface area contributed by atoms with Gasteiger partial charge in [-0.1, -0.05) is 17.7 Å². The van der Waals surface area contributed by atoms with Crippen molar-refractivity contribution < 1.29 is 22.0 Å². The zero-order chi connectivity index (χ0) is 12.6. The second-order valence-corrected chi connectivity index (χ2v) is 3.51. The van der Waals surface area contributed by atoms with Gasteiger partial charge in [0.1, 0.15) is 0 Å². The van der Waals surface area contributed by atoms with Gasteiger partial charge in [0.15, 0.2) is 0 Å². The van der Waals surface area contributed by atoms with E-state index in [4.69, 9.17) is 0 Å². The van der Waals surface area contributed by atoms with Crippen molar-refractivity contribution >= 4 is 0 Å². The van der Waals surface area contributed by atoms with E-state index >= 15 is 0 Å². The van der Waals surface area contributed by atoms with Gasteiger partial charge in [-0.15, -0.1) is 0 Å². The van der Waals surface area contributed by atoms with Gasteiger partial charge in [0, 0.05) is 5.56 Å². The summed E-state index contributed by atoms with van der Waals surface area (Å²) < 4.78 is 54.1. The Morgan fingerprint density at radius 1 is 1.12 bits per heavy atom. The second kappa shape index (κ2) is 3.87. The third kappa shape index (κ3) is 2.30. The lowest BCUT2D eigenvalue weighted by atomic mass is 10.1. The predicted octanol–water partition coefficient (Wildman–Crippen LogP) is 3.81. The fraction of sp³-hybridized carbons (Fsp3) is 0.182. The molecule has 0 unspecified atom stereocenters. The molecule has 0 aliphatic carbocycles. The molecule has 2 rings (SSSR count). The average molecular weight is 245 g/mol. The maximum absolute atomic E-state index is 12.9. The molecule has 0 aliphatic rings. The number of aromatic nitrogens is 1. The molecule has 0 saturated heterocycles. The second-order valence-electron chi connectivity index (χ2n) is 3.51. The van der Waals surface area contributed by atoms with Crippen molar-refractivity contribution in [2.45, 2.75) is 13.1 Å². The van der Waals surface area contributed by atoms with E-state index in [0.717, 1.165) is 5.56 Å². The minimum absolute atomic E-state index is 0.296. The average Bonchev–Trinajstić information content (AvgIpc) is 2.61. The molecule has 0 amide bonds. The van der Waals surface area contributed by atoms with Crippen LogP contribution >= 0.6 is 0 Å². The number of alkyl halides is 3. The smallest absolute Gasteiger partial charge is 0.410 e. The molecule has 1 aromatic carbocycles. The number of hydrogen-bond donors (Lipinski definition) is 0. The number of hydrogen-bond acceptors (Lipinski definition) is 2. The van der Waals surface area contributed by atoms with Gasteiger partial charge in [-0.2, -0.15) is 17.6 Å². The molecule has 6 heteroatoms. The Hall–Kier alpha value is -1.85. The molecule has 0 saturated carbocycles. The summed E-state index contributed by atoms with van der Waals surface area (Å²) in [6, 6.07) is 4.66. The van der Waals surface area contributed by atoms with Gasteiger partial charge in [-0.05, 0) is 19.1 Å². The lowest BCUT2D eigenvalue weighted by Gasteiger charge is -1.99. The van der Waals surface area contributed by atoms with Crippen LogP contribution in [0.1, 0.15) is 11.3 Å². The molecule has 2 nitrogen and oxygen atoms in total. The molecule has 0 aliphatic heterocycles. The van der Waals surface area contributed by atoms with Crippen LogP contribution in [0.15, 0.2) is 28.7 Å². The SMILES string of the molecule is Cc1ccc(-c2nc(C(F)(F)F)c(F)o2)cc1. The number of rotatable bonds is 1. The van der Waals surface area contributed by atoms with Gasteiger partial charge in [0.25, 0.3) is 0 Å². The molecule has 0 atom stereocenters. The number of benzene rings is 1. The molecule has 90 valence electrons. The molecule has 1 aromatic heterocycles. The highest BCUT2D eigenvalue weighted by molar-refractivity contribution is 5.53. The van der Waals surface area contributed by atoms with Crippen LogP contribution in [0.2, 0.25) is 0 Å². The van der Waals surface area contributed by atoms with Gasteiger partial charge in [0.2, 0.25) is 11.6 Å². The van der Waals surface area contributed by atoms with Gasteiger partial charge in [0.05, 0.1) is 0 Å². The Morgan fingerprint density at radius 3 is 2.18 bits per heavy atom. The molecular formula is C11H7F4NO. The first-order valence-electron chi connectivity index (χ1n) is 4.68. The summed E-state index contributed by atoms with van der Waals surface area (Å²) in [6.45, 7) is 1.82. The third-order valence-electron chi connectivity index (χ3n) is 2.15. The molecule has 0 bridgehead atoms. The van der Waals surface area contributed by atoms with Crippen molar-refractivity contribution in [3.63, 3.8) is 0 Å². The van der Waals surface area contributed by atoms with Gasteiger partial charge in [-0.25, -0.2) is 4.98 Å². The standard InChI is InChI=1S/C11H7F4NO/c1-6-2-4-7(5-3-6)10-16-8(9(12)17-10)11(13,14)15/h2-5H,1H3. The first kappa shape index (κ1) is 11.6. The number of halogens is 4. The molecule has 2 aromatic rings. The van der Waals surface area contributed by atoms with Crippen LogP contribution in [-0.2, 0) is 6.18 Å². The van der Waals surface area contributed by atoms with Gasteiger partial charge in [-0.3, -0.25) is 0 Å². The maximum atomic E-state index is 12.9. The fourth-order valence-electron chi connectivity index (χ4n) is 1.30. The maximum Gasteiger partial charge on any atom is 0.439 e. The van der Waals surface area contributed by atoms with Crippen LogP contribution in [0.25, 0.3) is 11.5 Å². The lowest BCUT2D eigenvalue weighted by Crippen LogP contribution is -2.07. The van der Waals surface area contributed by atoms with Crippen LogP contribution in [0, 0.1) is 12.9 Å². The Bertz CT molecular complexity index is 527. The van der Waals surface area contributed by atoms with Crippen LogP contribution < -0.4 is 0 Å². The summed E-state index contributed by atoms with van der Waals surface area (Å²) in [4.78, 5) is 3.11. The molecule has 0 radical (unpaired) electrons. The minimum Gasteiger partial charge on any atom is -0.410 e. The molecular weight excluding hydrogens is 238 g/mol. The van der Waals surface area contributed by atoms with Crippen molar-refractivity contribution in [1.29, 1.82) is 0 Å². The zero-order valence-corrected chi connectivity index (χ0v) is 8.68. The Morgan fingerprint density at radius 2 is 1.71 bits per heavy atom. The molecule has 1 heterocycles. The molecule has 0 fully saturated rings. The highest BCUT2D eigenvalue weighted by Crippen LogP contribution is 2.33. The number of oxazole rings is 1. The highest BCUT2D eigenvalue weighted by Gasteiger charge is 2.39. The summed E-state index contributed by atoms with van der Waals surface area (Å²) in [5.41, 5.74) is -0.408. The topological polar surface area (TPSA) is 26.0 Å². The van der Waals surface area contributed by atoms with Gasteiger partial charge >= 0.3 is 12.2 Å². The van der Waals surface area contributed by atoms with E-state index in [1.165, 1.54) is 12.1 Å². The van der Waals surface area contributed by atoms with Crippen molar-refractivity contribution in [3.05, 3.63) is 41.5 Å². The predicted molar refractivity (Wildman–Crippen MR) is 51.6 cm³/mol. The summed E-state index contributed by atoms with van der Waals surface area (Å²) in [5, 5.41) is 0. The number of aryl methyl sites for hydroxylation is 1. The summed E-state index contributed by atoms with van der Waals surface area (Å²) in [7, 11) is 0. The first-order chi connectivity index (χ1) is 7.88. The van der Waals surface area contributed by atoms with E-state index in [9.17, 15) is 17.6 Å². The van der Waals surface area contributed by atoms with Gasteiger partial charge < -0.3 is 4.42 Å². The first-order valence-corrected chi connectivity index (χ1v) is 4.68. The van der Waals surface area contributed by atoms with Crippen molar-refractivity contribution in [2.24, 2.45) is 0 Å². The minimum atomic E-state index is -4.85. The molecule has 17 heavy (non-hydrogen) atoms. The Labute approximate surface area is 93.9 Å². The third-order valence-corrected chi connectivity index (χ3v) is 2.15. The van der Waals surface area contributed by atoms with Crippen molar-refractivity contribution in [1.82, 2.24) is 4.98 Å². The van der Waals surface area contributed by atoms with E-state index in [0.29, 0.717) is 5.56 Å². The zero-order valence-electron chi connectivity index (χ0n) is 8.68. The van der Waals surface area contributed by atoms with E-state index < -0.39 is 17.9 Å². The van der Waals surface area contributed by atoms with Crippen LogP contribution in [-0.4, -0.2) is 4.98 Å². The summed E-state index contributed by atoms with van der Waals surface area (Å²) in [5.74, 6) is -0.380. The quantitative estimate of drug-likeness (QED) is 0.714. The van der Waals surface area contributed by atoms with Crippen molar-refractivity contribution in [3.8, 4) is 11.5 Å².